The van der Waals surface area contributed by atoms with Crippen LogP contribution >= 0.6 is 34.8 Å². The molecular formula is C97H110Cl3NO28Si. The van der Waals surface area contributed by atoms with Crippen molar-refractivity contribution in [2.75, 3.05) is 70.1 Å². The van der Waals surface area contributed by atoms with Crippen LogP contribution in [-0.2, 0) is 87.1 Å². The van der Waals surface area contributed by atoms with Gasteiger partial charge in [0.15, 0.2) is 42.8 Å². The molecule has 0 aliphatic carbocycles. The Kier molecular flexibility index (Phi) is 43.1. The van der Waals surface area contributed by atoms with E-state index in [1.54, 1.807) is 129 Å². The first kappa shape index (κ1) is 106. The van der Waals surface area contributed by atoms with E-state index in [0.717, 1.165) is 39.1 Å². The molecule has 29 nitrogen and oxygen atoms in total. The summed E-state index contributed by atoms with van der Waals surface area (Å²) in [5.74, 6) is -6.58. The summed E-state index contributed by atoms with van der Waals surface area (Å²) < 4.78 is 82.0. The van der Waals surface area contributed by atoms with Crippen LogP contribution in [0.2, 0.25) is 33.2 Å². The van der Waals surface area contributed by atoms with Gasteiger partial charge in [-0.15, -0.1) is 0 Å². The van der Waals surface area contributed by atoms with E-state index in [2.05, 4.69) is 38.6 Å². The van der Waals surface area contributed by atoms with Gasteiger partial charge in [0.25, 0.3) is 0 Å². The molecule has 0 bridgehead atoms. The van der Waals surface area contributed by atoms with Crippen LogP contribution in [-0.4, -0.2) is 158 Å². The van der Waals surface area contributed by atoms with Crippen LogP contribution in [0.3, 0.4) is 0 Å². The number of rotatable bonds is 46. The first-order valence-electron chi connectivity index (χ1n) is 40.8. The molecule has 0 saturated heterocycles. The van der Waals surface area contributed by atoms with Crippen LogP contribution in [0, 0.1) is 17.8 Å². The summed E-state index contributed by atoms with van der Waals surface area (Å²) in [6.45, 7) is 14.3. The van der Waals surface area contributed by atoms with Gasteiger partial charge in [-0.1, -0.05) is 142 Å². The highest BCUT2D eigenvalue weighted by atomic mass is 35.5. The highest BCUT2D eigenvalue weighted by Crippen LogP contribution is 2.44. The summed E-state index contributed by atoms with van der Waals surface area (Å²) in [7, 11) is 10.2. The Morgan fingerprint density at radius 1 is 0.354 bits per heavy atom. The molecule has 0 spiro atoms. The predicted octanol–water partition coefficient (Wildman–Crippen LogP) is 17.5. The third kappa shape index (κ3) is 32.0. The lowest BCUT2D eigenvalue weighted by molar-refractivity contribution is -0.147. The van der Waals surface area contributed by atoms with Crippen LogP contribution in [0.5, 0.6) is 69.0 Å². The Morgan fingerprint density at radius 3 is 0.808 bits per heavy atom. The van der Waals surface area contributed by atoms with Gasteiger partial charge in [-0.2, -0.15) is 0 Å². The molecular weight excluding hydrogens is 1760 g/mol. The van der Waals surface area contributed by atoms with Crippen molar-refractivity contribution in [2.45, 2.75) is 131 Å². The second kappa shape index (κ2) is 52.8. The Morgan fingerprint density at radius 2 is 0.592 bits per heavy atom. The molecule has 33 heteroatoms. The number of methoxy groups -OCH3 is 8. The van der Waals surface area contributed by atoms with Gasteiger partial charge in [0.1, 0.15) is 80.2 Å². The van der Waals surface area contributed by atoms with E-state index in [9.17, 15) is 58.2 Å². The zero-order valence-corrected chi connectivity index (χ0v) is 78.3. The summed E-state index contributed by atoms with van der Waals surface area (Å²) in [6.07, 6.45) is -0.794. The van der Waals surface area contributed by atoms with Gasteiger partial charge in [-0.3, -0.25) is 47.9 Å². The van der Waals surface area contributed by atoms with E-state index in [1.165, 1.54) is 50.6 Å². The van der Waals surface area contributed by atoms with Gasteiger partial charge in [0.2, 0.25) is 34.7 Å². The summed E-state index contributed by atoms with van der Waals surface area (Å²) in [6, 6.07) is 51.4. The molecule has 9 rings (SSSR count). The number of nitrogens with two attached hydrogens (primary N) is 1. The topological polar surface area (TPSA) is 396 Å². The molecule has 0 aliphatic heterocycles. The van der Waals surface area contributed by atoms with E-state index in [-0.39, 0.29) is 125 Å². The molecule has 130 heavy (non-hydrogen) atoms. The zero-order valence-electron chi connectivity index (χ0n) is 75.1. The Hall–Kier alpha value is -12.6. The quantitative estimate of drug-likeness (QED) is 0.0119. The maximum Gasteiger partial charge on any atom is 0.324 e. The molecule has 9 aromatic carbocycles. The van der Waals surface area contributed by atoms with E-state index in [1.807, 2.05) is 72.8 Å². The van der Waals surface area contributed by atoms with Crippen LogP contribution in [0.4, 0.5) is 0 Å². The van der Waals surface area contributed by atoms with Crippen molar-refractivity contribution in [2.24, 2.45) is 23.5 Å². The van der Waals surface area contributed by atoms with E-state index >= 15 is 0 Å². The van der Waals surface area contributed by atoms with Gasteiger partial charge >= 0.3 is 23.9 Å². The first-order valence-corrected chi connectivity index (χ1v) is 44.9. The third-order valence-corrected chi connectivity index (χ3v) is 26.3. The molecule has 0 saturated carbocycles. The molecule has 696 valence electrons. The lowest BCUT2D eigenvalue weighted by Crippen LogP contribution is -2.46. The van der Waals surface area contributed by atoms with Gasteiger partial charge in [-0.25, -0.2) is 0 Å². The standard InChI is InChI=1S/C30H31ClO8.C29H29ClO8.C28H27ClO9.C10H23NO3Si/c1-5-21(30(34)37-4)16-25(32)28(33)24-14-15-26(38-17-19-6-10-22(35-2)11-7-19)29(27(24)31)39-18-20-8-12-23(36-3)13-9-20;1-4-20(29(33)34)15-24(31)27(32)23-13-14-25(37-16-18-5-9-21(35-2)10-6-18)28(26(23)30)38-17-19-7-11-22(36-3)12-8-19;1-35-20-7-3-17(4-8-20)15-37-24-12-11-22(26(32)23(31)13-19(14-30)28(33)34)25(29)27(24)38-16-18-5-9-21(36-2)10-6-18;1-10(2,3)15(5,6)14-7-8(11)9(12)13-4/h6-15,21H,5,16-18H2,1-4H3;5-14,20H,4,15-17H2,1-3H3,(H,33,34);3-12,19,30H,13-16H2,1-2H3,(H,33,34);8H,7,11H2,1-6H3/t21-;20-;19-;8-/m0011/s1. The number of hydrogen-bond acceptors (Lipinski definition) is 27. The number of carboxylic acids is 2. The summed E-state index contributed by atoms with van der Waals surface area (Å²) in [5.41, 5.74) is 10.3. The van der Waals surface area contributed by atoms with Crippen LogP contribution in [0.25, 0.3) is 0 Å². The number of aliphatic hydroxyl groups excluding tert-OH is 1. The van der Waals surface area contributed by atoms with Crippen LogP contribution in [0.1, 0.15) is 131 Å². The second-order valence-electron chi connectivity index (χ2n) is 30.4. The number of carboxylic acid groups (broad SMARTS) is 2. The molecule has 5 N–H and O–H groups in total. The number of ether oxygens (including phenoxy) is 14. The highest BCUT2D eigenvalue weighted by Gasteiger charge is 2.39. The van der Waals surface area contributed by atoms with Crippen molar-refractivity contribution in [1.82, 2.24) is 0 Å². The summed E-state index contributed by atoms with van der Waals surface area (Å²) in [5, 5.41) is 27.4. The Balaban J connectivity index is 0.000000278. The predicted molar refractivity (Wildman–Crippen MR) is 489 cm³/mol. The minimum absolute atomic E-state index is 0.0390. The number of carbonyl (C=O) groups excluding carboxylic acids is 8. The van der Waals surface area contributed by atoms with Crippen molar-refractivity contribution in [1.29, 1.82) is 0 Å². The van der Waals surface area contributed by atoms with Crippen molar-refractivity contribution >= 4 is 102 Å². The fraction of sp³-hybridized carbons (Fsp3) is 0.340. The molecule has 0 aliphatic rings. The van der Waals surface area contributed by atoms with Crippen LogP contribution in [0.15, 0.2) is 182 Å². The van der Waals surface area contributed by atoms with Crippen LogP contribution < -0.4 is 62.6 Å². The fourth-order valence-electron chi connectivity index (χ4n) is 11.5. The molecule has 9 aromatic rings. The van der Waals surface area contributed by atoms with Crippen molar-refractivity contribution < 1.29 is 134 Å². The summed E-state index contributed by atoms with van der Waals surface area (Å²) in [4.78, 5) is 122. The lowest BCUT2D eigenvalue weighted by Gasteiger charge is -2.36. The smallest absolute Gasteiger partial charge is 0.324 e. The monoisotopic (exact) mass is 1870 g/mol. The number of esters is 2. The fourth-order valence-corrected chi connectivity index (χ4v) is 13.4. The largest absolute Gasteiger partial charge is 0.497 e. The number of Topliss-reactive ketones (excluding diaryl/α,β-unsaturated/α-hetero) is 6. The maximum absolute atomic E-state index is 13.1. The molecule has 0 amide bonds. The number of aliphatic carboxylic acids is 2. The van der Waals surface area contributed by atoms with E-state index < -0.39 is 110 Å². The molecule has 0 fully saturated rings. The first-order chi connectivity index (χ1) is 61.9. The van der Waals surface area contributed by atoms with Gasteiger partial charge in [-0.05, 0) is 174 Å². The zero-order chi connectivity index (χ0) is 96.0. The molecule has 0 radical (unpaired) electrons. The molecule has 0 unspecified atom stereocenters. The number of hydrogen-bond donors (Lipinski definition) is 4. The number of benzene rings is 9. The SMILES string of the molecule is CC[C@@H](CC(=O)C(=O)c1ccc(OCc2ccc(OC)cc2)c(OCc2ccc(OC)cc2)c1Cl)C(=O)O.CC[C@@H](CC(=O)C(=O)c1ccc(OCc2ccc(OC)cc2)c(OCc2ccc(OC)cc2)c1Cl)C(=O)OC.COC(=O)[C@H](N)CO[Si](C)(C)C(C)(C)C.COc1ccc(COc2ccc(C(=O)C(=O)C[C@H](CO)C(=O)O)c(Cl)c2OCc2ccc(OC)cc2)cc1. The number of halogens is 3. The number of aliphatic hydroxyl groups is 1. The molecule has 0 aromatic heterocycles. The minimum atomic E-state index is -1.81. The minimum Gasteiger partial charge on any atom is -0.497 e. The Labute approximate surface area is 771 Å². The third-order valence-electron chi connectivity index (χ3n) is 20.6. The van der Waals surface area contributed by atoms with E-state index in [4.69, 9.17) is 112 Å². The van der Waals surface area contributed by atoms with Gasteiger partial charge < -0.3 is 91.8 Å². The van der Waals surface area contributed by atoms with E-state index in [0.29, 0.717) is 40.9 Å². The molecule has 4 atom stereocenters. The summed E-state index contributed by atoms with van der Waals surface area (Å²) >= 11 is 19.8. The Bertz CT molecular complexity index is 5060. The normalized spacial score (nSPS) is 11.8. The molecule has 0 heterocycles. The van der Waals surface area contributed by atoms with Crippen molar-refractivity contribution in [3.05, 3.63) is 247 Å². The lowest BCUT2D eigenvalue weighted by atomic mass is 9.95. The number of carbonyl (C=O) groups is 10. The van der Waals surface area contributed by atoms with Crippen molar-refractivity contribution in [3.8, 4) is 69.0 Å². The van der Waals surface area contributed by atoms with Gasteiger partial charge in [0, 0.05) is 36.0 Å². The maximum atomic E-state index is 13.1. The van der Waals surface area contributed by atoms with Crippen molar-refractivity contribution in [3.63, 3.8) is 0 Å². The second-order valence-corrected chi connectivity index (χ2v) is 36.4. The number of ketones is 6. The van der Waals surface area contributed by atoms with Gasteiger partial charge in [0.05, 0.1) is 103 Å². The average Bonchev–Trinajstić information content (AvgIpc) is 0.822. The highest BCUT2D eigenvalue weighted by molar-refractivity contribution is 6.74. The average molecular weight is 1870 g/mol.